The van der Waals surface area contributed by atoms with E-state index in [1.807, 2.05) is 0 Å². The summed E-state index contributed by atoms with van der Waals surface area (Å²) < 4.78 is 4.87. The average molecular weight is 252 g/mol. The van der Waals surface area contributed by atoms with Crippen molar-refractivity contribution >= 4 is 11.8 Å². The Morgan fingerprint density at radius 3 is 2.44 bits per heavy atom. The van der Waals surface area contributed by atoms with Gasteiger partial charge in [0.2, 0.25) is 0 Å². The van der Waals surface area contributed by atoms with Crippen LogP contribution in [0.25, 0.3) is 0 Å². The molecule has 0 aromatic heterocycles. The number of allylic oxidation sites excluding steroid dienone is 2. The van der Waals surface area contributed by atoms with Crippen LogP contribution < -0.4 is 0 Å². The molecular formula is C15H24O3. The van der Waals surface area contributed by atoms with E-state index >= 15 is 0 Å². The Morgan fingerprint density at radius 2 is 1.83 bits per heavy atom. The van der Waals surface area contributed by atoms with Crippen LogP contribution in [0.15, 0.2) is 11.6 Å². The minimum Gasteiger partial charge on any atom is -0.466 e. The minimum absolute atomic E-state index is 0.190. The Bertz CT molecular complexity index is 305. The number of unbranched alkanes of at least 4 members (excludes halogenated alkanes) is 5. The third-order valence-electron chi connectivity index (χ3n) is 3.27. The number of Topliss-reactive ketones (excluding diaryl/α,β-unsaturated/α-hetero) is 1. The molecule has 0 atom stereocenters. The van der Waals surface area contributed by atoms with Crippen LogP contribution in [0.2, 0.25) is 0 Å². The zero-order valence-electron chi connectivity index (χ0n) is 11.4. The van der Waals surface area contributed by atoms with E-state index in [9.17, 15) is 9.59 Å². The predicted octanol–water partition coefficient (Wildman–Crippen LogP) is 3.57. The van der Waals surface area contributed by atoms with Gasteiger partial charge in [-0.25, -0.2) is 0 Å². The first-order chi connectivity index (χ1) is 8.70. The molecule has 0 aromatic carbocycles. The van der Waals surface area contributed by atoms with E-state index in [0.717, 1.165) is 44.1 Å². The van der Waals surface area contributed by atoms with Gasteiger partial charge < -0.3 is 4.74 Å². The average Bonchev–Trinajstić information content (AvgIpc) is 2.72. The van der Waals surface area contributed by atoms with Crippen LogP contribution in [0.4, 0.5) is 0 Å². The van der Waals surface area contributed by atoms with Crippen LogP contribution in [0, 0.1) is 0 Å². The van der Waals surface area contributed by atoms with Crippen LogP contribution in [-0.4, -0.2) is 18.4 Å². The molecule has 0 saturated carbocycles. The maximum atomic E-state index is 11.4. The summed E-state index contributed by atoms with van der Waals surface area (Å²) in [6.45, 7) is 2.00. The Kier molecular flexibility index (Phi) is 7.38. The van der Waals surface area contributed by atoms with Crippen molar-refractivity contribution in [1.29, 1.82) is 0 Å². The fourth-order valence-electron chi connectivity index (χ4n) is 2.23. The fraction of sp³-hybridized carbons (Fsp3) is 0.733. The molecule has 0 saturated heterocycles. The van der Waals surface area contributed by atoms with Crippen LogP contribution >= 0.6 is 0 Å². The number of esters is 1. The molecule has 0 bridgehead atoms. The van der Waals surface area contributed by atoms with Gasteiger partial charge in [0.1, 0.15) is 0 Å². The normalized spacial score (nSPS) is 14.7. The quantitative estimate of drug-likeness (QED) is 0.465. The molecule has 0 spiro atoms. The van der Waals surface area contributed by atoms with Gasteiger partial charge in [0.15, 0.2) is 5.78 Å². The fourth-order valence-corrected chi connectivity index (χ4v) is 2.23. The number of hydrogen-bond donors (Lipinski definition) is 0. The maximum absolute atomic E-state index is 11.4. The van der Waals surface area contributed by atoms with Gasteiger partial charge in [-0.2, -0.15) is 0 Å². The molecule has 102 valence electrons. The lowest BCUT2D eigenvalue weighted by atomic mass is 10.0. The molecule has 3 nitrogen and oxygen atoms in total. The smallest absolute Gasteiger partial charge is 0.302 e. The molecule has 0 heterocycles. The molecule has 0 aliphatic heterocycles. The molecule has 1 aliphatic carbocycles. The number of carbonyl (C=O) groups excluding carboxylic acids is 2. The molecule has 1 rings (SSSR count). The molecule has 18 heavy (non-hydrogen) atoms. The number of rotatable bonds is 9. The number of hydrogen-bond acceptors (Lipinski definition) is 3. The molecule has 0 fully saturated rings. The molecular weight excluding hydrogens is 228 g/mol. The van der Waals surface area contributed by atoms with Crippen molar-refractivity contribution in [3.63, 3.8) is 0 Å². The van der Waals surface area contributed by atoms with E-state index < -0.39 is 0 Å². The topological polar surface area (TPSA) is 43.4 Å². The molecule has 0 amide bonds. The summed E-state index contributed by atoms with van der Waals surface area (Å²) >= 11 is 0. The minimum atomic E-state index is -0.190. The Hall–Kier alpha value is -1.12. The van der Waals surface area contributed by atoms with Gasteiger partial charge >= 0.3 is 5.97 Å². The van der Waals surface area contributed by atoms with Gasteiger partial charge in [-0.1, -0.05) is 31.8 Å². The molecule has 0 N–H and O–H groups in total. The van der Waals surface area contributed by atoms with E-state index in [1.54, 1.807) is 0 Å². The summed E-state index contributed by atoms with van der Waals surface area (Å²) in [5.41, 5.74) is 1.06. The van der Waals surface area contributed by atoms with Gasteiger partial charge in [0.25, 0.3) is 0 Å². The maximum Gasteiger partial charge on any atom is 0.302 e. The highest BCUT2D eigenvalue weighted by Crippen LogP contribution is 2.20. The molecule has 1 aliphatic rings. The monoisotopic (exact) mass is 252 g/mol. The third kappa shape index (κ3) is 6.58. The van der Waals surface area contributed by atoms with Crippen LogP contribution in [0.1, 0.15) is 64.7 Å². The standard InChI is InChI=1S/C15H24O3/c1-13(16)18-12-7-5-3-2-4-6-9-14-10-8-11-15(14)17/h10H,2-9,11-12H2,1H3. The van der Waals surface area contributed by atoms with Gasteiger partial charge in [-0.05, 0) is 31.3 Å². The number of carbonyl (C=O) groups is 2. The first kappa shape index (κ1) is 14.9. The first-order valence-electron chi connectivity index (χ1n) is 7.06. The summed E-state index contributed by atoms with van der Waals surface area (Å²) in [7, 11) is 0. The van der Waals surface area contributed by atoms with Crippen LogP contribution in [0.5, 0.6) is 0 Å². The third-order valence-corrected chi connectivity index (χ3v) is 3.27. The highest BCUT2D eigenvalue weighted by molar-refractivity contribution is 5.97. The van der Waals surface area contributed by atoms with Crippen LogP contribution in [-0.2, 0) is 14.3 Å². The SMILES string of the molecule is CC(=O)OCCCCCCCCC1=CCCC1=O. The van der Waals surface area contributed by atoms with Crippen molar-refractivity contribution in [1.82, 2.24) is 0 Å². The van der Waals surface area contributed by atoms with Crippen molar-refractivity contribution in [2.24, 2.45) is 0 Å². The lowest BCUT2D eigenvalue weighted by molar-refractivity contribution is -0.141. The zero-order valence-corrected chi connectivity index (χ0v) is 11.4. The zero-order chi connectivity index (χ0) is 13.2. The predicted molar refractivity (Wildman–Crippen MR) is 71.3 cm³/mol. The second-order valence-electron chi connectivity index (χ2n) is 4.90. The van der Waals surface area contributed by atoms with Gasteiger partial charge in [0.05, 0.1) is 6.61 Å². The van der Waals surface area contributed by atoms with Crippen molar-refractivity contribution in [2.45, 2.75) is 64.7 Å². The highest BCUT2D eigenvalue weighted by Gasteiger charge is 2.13. The second-order valence-corrected chi connectivity index (χ2v) is 4.90. The van der Waals surface area contributed by atoms with Crippen molar-refractivity contribution in [3.05, 3.63) is 11.6 Å². The Balaban J connectivity index is 1.84. The van der Waals surface area contributed by atoms with E-state index in [-0.39, 0.29) is 5.97 Å². The van der Waals surface area contributed by atoms with Crippen LogP contribution in [0.3, 0.4) is 0 Å². The number of ether oxygens (including phenoxy) is 1. The molecule has 3 heteroatoms. The second kappa shape index (κ2) is 8.90. The molecule has 0 aromatic rings. The first-order valence-corrected chi connectivity index (χ1v) is 7.06. The summed E-state index contributed by atoms with van der Waals surface area (Å²) in [6, 6.07) is 0. The van der Waals surface area contributed by atoms with Gasteiger partial charge in [-0.3, -0.25) is 9.59 Å². The van der Waals surface area contributed by atoms with E-state index in [4.69, 9.17) is 4.74 Å². The molecule has 0 unspecified atom stereocenters. The largest absolute Gasteiger partial charge is 0.466 e. The van der Waals surface area contributed by atoms with Gasteiger partial charge in [0, 0.05) is 13.3 Å². The lowest BCUT2D eigenvalue weighted by Gasteiger charge is -2.03. The van der Waals surface area contributed by atoms with E-state index in [0.29, 0.717) is 12.4 Å². The summed E-state index contributed by atoms with van der Waals surface area (Å²) in [5, 5.41) is 0. The van der Waals surface area contributed by atoms with Crippen molar-refractivity contribution in [2.75, 3.05) is 6.61 Å². The van der Waals surface area contributed by atoms with Crippen molar-refractivity contribution in [3.8, 4) is 0 Å². The summed E-state index contributed by atoms with van der Waals surface area (Å²) in [4.78, 5) is 21.9. The molecule has 0 radical (unpaired) electrons. The number of ketones is 1. The summed E-state index contributed by atoms with van der Waals surface area (Å²) in [6.07, 6.45) is 11.5. The van der Waals surface area contributed by atoms with Crippen molar-refractivity contribution < 1.29 is 14.3 Å². The summed E-state index contributed by atoms with van der Waals surface area (Å²) in [5.74, 6) is 0.167. The highest BCUT2D eigenvalue weighted by atomic mass is 16.5. The van der Waals surface area contributed by atoms with E-state index in [2.05, 4.69) is 6.08 Å². The Labute approximate surface area is 110 Å². The van der Waals surface area contributed by atoms with Gasteiger partial charge in [-0.15, -0.1) is 0 Å². The van der Waals surface area contributed by atoms with E-state index in [1.165, 1.54) is 26.2 Å². The Morgan fingerprint density at radius 1 is 1.17 bits per heavy atom. The lowest BCUT2D eigenvalue weighted by Crippen LogP contribution is -2.00.